The summed E-state index contributed by atoms with van der Waals surface area (Å²) in [7, 11) is 0. The van der Waals surface area contributed by atoms with E-state index in [2.05, 4.69) is 10.2 Å². The maximum atomic E-state index is 12.3. The number of aliphatic hydroxyl groups is 1. The molecule has 6 heteroatoms. The van der Waals surface area contributed by atoms with Gasteiger partial charge in [-0.05, 0) is 18.6 Å². The van der Waals surface area contributed by atoms with Crippen molar-refractivity contribution in [3.63, 3.8) is 0 Å². The fourth-order valence-corrected chi connectivity index (χ4v) is 2.37. The minimum atomic E-state index is -0.122. The molecule has 2 aromatic rings. The summed E-state index contributed by atoms with van der Waals surface area (Å²) in [4.78, 5) is 15.5. The van der Waals surface area contributed by atoms with E-state index in [1.165, 1.54) is 11.0 Å². The van der Waals surface area contributed by atoms with Crippen LogP contribution in [0, 0.1) is 5.92 Å². The Hall–Kier alpha value is -2.21. The average Bonchev–Trinajstić information content (AvgIpc) is 3.17. The van der Waals surface area contributed by atoms with Crippen molar-refractivity contribution in [1.29, 1.82) is 0 Å². The largest absolute Gasteiger partial charge is 0.396 e. The lowest BCUT2D eigenvalue weighted by Crippen LogP contribution is -2.29. The van der Waals surface area contributed by atoms with Crippen molar-refractivity contribution in [1.82, 2.24) is 19.9 Å². The zero-order valence-electron chi connectivity index (χ0n) is 11.0. The molecule has 0 saturated carbocycles. The van der Waals surface area contributed by atoms with Gasteiger partial charge in [-0.15, -0.1) is 5.10 Å². The fraction of sp³-hybridized carbons (Fsp3) is 0.357. The van der Waals surface area contributed by atoms with Crippen molar-refractivity contribution in [3.8, 4) is 5.69 Å². The minimum Gasteiger partial charge on any atom is -0.396 e. The van der Waals surface area contributed by atoms with E-state index in [-0.39, 0.29) is 18.4 Å². The topological polar surface area (TPSA) is 71.2 Å². The predicted molar refractivity (Wildman–Crippen MR) is 72.5 cm³/mol. The second-order valence-electron chi connectivity index (χ2n) is 4.94. The Kier molecular flexibility index (Phi) is 3.47. The molecular weight excluding hydrogens is 256 g/mol. The van der Waals surface area contributed by atoms with E-state index in [0.29, 0.717) is 18.8 Å². The number of aromatic nitrogens is 3. The molecule has 1 saturated heterocycles. The lowest BCUT2D eigenvalue weighted by molar-refractivity contribution is 0.0775. The molecule has 6 nitrogen and oxygen atoms in total. The highest BCUT2D eigenvalue weighted by molar-refractivity contribution is 5.92. The molecule has 1 atom stereocenters. The van der Waals surface area contributed by atoms with Crippen LogP contribution in [0.25, 0.3) is 5.69 Å². The molecule has 1 fully saturated rings. The number of para-hydroxylation sites is 1. The monoisotopic (exact) mass is 272 g/mol. The Labute approximate surface area is 116 Å². The third kappa shape index (κ3) is 2.42. The van der Waals surface area contributed by atoms with Gasteiger partial charge in [0.05, 0.1) is 11.9 Å². The number of likely N-dealkylation sites (tertiary alicyclic amines) is 1. The molecule has 0 bridgehead atoms. The van der Waals surface area contributed by atoms with Crippen molar-refractivity contribution in [2.24, 2.45) is 5.92 Å². The first-order valence-corrected chi connectivity index (χ1v) is 6.66. The van der Waals surface area contributed by atoms with Crippen molar-refractivity contribution in [2.75, 3.05) is 19.7 Å². The predicted octanol–water partition coefficient (Wildman–Crippen LogP) is 0.722. The zero-order valence-corrected chi connectivity index (χ0v) is 11.0. The number of rotatable bonds is 3. The van der Waals surface area contributed by atoms with E-state index in [9.17, 15) is 4.79 Å². The Morgan fingerprint density at radius 1 is 1.35 bits per heavy atom. The van der Waals surface area contributed by atoms with E-state index in [4.69, 9.17) is 5.11 Å². The summed E-state index contributed by atoms with van der Waals surface area (Å²) in [6.45, 7) is 1.39. The van der Waals surface area contributed by atoms with Crippen molar-refractivity contribution in [3.05, 3.63) is 42.2 Å². The maximum Gasteiger partial charge on any atom is 0.276 e. The summed E-state index contributed by atoms with van der Waals surface area (Å²) in [5.74, 6) is 0.0613. The summed E-state index contributed by atoms with van der Waals surface area (Å²) >= 11 is 0. The van der Waals surface area contributed by atoms with Gasteiger partial charge >= 0.3 is 0 Å². The van der Waals surface area contributed by atoms with Crippen LogP contribution in [0.1, 0.15) is 16.9 Å². The zero-order chi connectivity index (χ0) is 13.9. The first-order valence-electron chi connectivity index (χ1n) is 6.66. The van der Waals surface area contributed by atoms with E-state index in [1.807, 2.05) is 30.3 Å². The van der Waals surface area contributed by atoms with Gasteiger partial charge in [0.2, 0.25) is 0 Å². The van der Waals surface area contributed by atoms with E-state index >= 15 is 0 Å². The van der Waals surface area contributed by atoms with Crippen LogP contribution in [-0.4, -0.2) is 50.6 Å². The van der Waals surface area contributed by atoms with Crippen molar-refractivity contribution < 1.29 is 9.90 Å². The number of hydrogen-bond donors (Lipinski definition) is 1. The van der Waals surface area contributed by atoms with Gasteiger partial charge in [-0.3, -0.25) is 4.79 Å². The second kappa shape index (κ2) is 5.42. The van der Waals surface area contributed by atoms with Crippen LogP contribution in [0.3, 0.4) is 0 Å². The standard InChI is InChI=1S/C14H16N4O2/c19-10-11-6-7-17(9-11)14(20)13-8-15-18(16-13)12-4-2-1-3-5-12/h1-5,8,11,19H,6-7,9-10H2. The van der Waals surface area contributed by atoms with Crippen LogP contribution in [0.2, 0.25) is 0 Å². The van der Waals surface area contributed by atoms with Gasteiger partial charge < -0.3 is 10.0 Å². The molecule has 1 amide bonds. The van der Waals surface area contributed by atoms with Crippen molar-refractivity contribution >= 4 is 5.91 Å². The Morgan fingerprint density at radius 3 is 2.85 bits per heavy atom. The highest BCUT2D eigenvalue weighted by Gasteiger charge is 2.27. The molecule has 1 unspecified atom stereocenters. The van der Waals surface area contributed by atoms with Gasteiger partial charge in [0.25, 0.3) is 5.91 Å². The molecule has 1 aromatic heterocycles. The Bertz CT molecular complexity index is 596. The van der Waals surface area contributed by atoms with E-state index in [1.54, 1.807) is 4.90 Å². The minimum absolute atomic E-state index is 0.122. The van der Waals surface area contributed by atoms with E-state index in [0.717, 1.165) is 12.1 Å². The molecule has 1 aromatic carbocycles. The molecule has 104 valence electrons. The number of benzene rings is 1. The normalized spacial score (nSPS) is 18.4. The summed E-state index contributed by atoms with van der Waals surface area (Å²) in [6.07, 6.45) is 2.33. The average molecular weight is 272 g/mol. The quantitative estimate of drug-likeness (QED) is 0.893. The number of carbonyl (C=O) groups is 1. The fourth-order valence-electron chi connectivity index (χ4n) is 2.37. The second-order valence-corrected chi connectivity index (χ2v) is 4.94. The van der Waals surface area contributed by atoms with Crippen molar-refractivity contribution in [2.45, 2.75) is 6.42 Å². The third-order valence-electron chi connectivity index (χ3n) is 3.53. The molecule has 1 aliphatic heterocycles. The lowest BCUT2D eigenvalue weighted by atomic mass is 10.1. The van der Waals surface area contributed by atoms with E-state index < -0.39 is 0 Å². The molecule has 0 radical (unpaired) electrons. The Balaban J connectivity index is 1.76. The van der Waals surface area contributed by atoms with Gasteiger partial charge in [-0.1, -0.05) is 18.2 Å². The molecular formula is C14H16N4O2. The molecule has 1 N–H and O–H groups in total. The molecule has 2 heterocycles. The van der Waals surface area contributed by atoms with Crippen LogP contribution >= 0.6 is 0 Å². The van der Waals surface area contributed by atoms with Crippen LogP contribution in [0.15, 0.2) is 36.5 Å². The van der Waals surface area contributed by atoms with Gasteiger partial charge in [-0.25, -0.2) is 0 Å². The summed E-state index contributed by atoms with van der Waals surface area (Å²) in [6, 6.07) is 9.47. The Morgan fingerprint density at radius 2 is 2.15 bits per heavy atom. The number of hydrogen-bond acceptors (Lipinski definition) is 4. The lowest BCUT2D eigenvalue weighted by Gasteiger charge is -2.13. The van der Waals surface area contributed by atoms with Gasteiger partial charge in [0.15, 0.2) is 5.69 Å². The van der Waals surface area contributed by atoms with Crippen LogP contribution in [0.4, 0.5) is 0 Å². The maximum absolute atomic E-state index is 12.3. The van der Waals surface area contributed by atoms with Crippen LogP contribution in [0.5, 0.6) is 0 Å². The SMILES string of the molecule is O=C(c1cnn(-c2ccccc2)n1)N1CCC(CO)C1. The first-order chi connectivity index (χ1) is 9.78. The smallest absolute Gasteiger partial charge is 0.276 e. The van der Waals surface area contributed by atoms with Gasteiger partial charge in [0, 0.05) is 25.6 Å². The summed E-state index contributed by atoms with van der Waals surface area (Å²) < 4.78 is 0. The third-order valence-corrected chi connectivity index (χ3v) is 3.53. The van der Waals surface area contributed by atoms with Gasteiger partial charge in [0.1, 0.15) is 0 Å². The molecule has 20 heavy (non-hydrogen) atoms. The first kappa shape index (κ1) is 12.8. The highest BCUT2D eigenvalue weighted by Crippen LogP contribution is 2.17. The van der Waals surface area contributed by atoms with Crippen LogP contribution in [-0.2, 0) is 0 Å². The number of carbonyl (C=O) groups excluding carboxylic acids is 1. The summed E-state index contributed by atoms with van der Waals surface area (Å²) in [5.41, 5.74) is 1.16. The number of aliphatic hydroxyl groups excluding tert-OH is 1. The van der Waals surface area contributed by atoms with Crippen LogP contribution < -0.4 is 0 Å². The van der Waals surface area contributed by atoms with Gasteiger partial charge in [-0.2, -0.15) is 9.90 Å². The molecule has 0 aliphatic carbocycles. The summed E-state index contributed by atoms with van der Waals surface area (Å²) in [5, 5.41) is 17.5. The number of amides is 1. The molecule has 3 rings (SSSR count). The molecule has 1 aliphatic rings. The molecule has 0 spiro atoms. The highest BCUT2D eigenvalue weighted by atomic mass is 16.3. The number of nitrogens with zero attached hydrogens (tertiary/aromatic N) is 4.